The summed E-state index contributed by atoms with van der Waals surface area (Å²) >= 11 is 3.49. The van der Waals surface area contributed by atoms with Crippen LogP contribution in [-0.4, -0.2) is 32.3 Å². The fourth-order valence-corrected chi connectivity index (χ4v) is 4.52. The Labute approximate surface area is 181 Å². The molecule has 1 fully saturated rings. The lowest BCUT2D eigenvalue weighted by Crippen LogP contribution is -2.28. The molecule has 1 aliphatic rings. The molecule has 3 heterocycles. The second-order valence-corrected chi connectivity index (χ2v) is 8.63. The summed E-state index contributed by atoms with van der Waals surface area (Å²) in [4.78, 5) is 15.6. The summed E-state index contributed by atoms with van der Waals surface area (Å²) in [6.45, 7) is 2.15. The zero-order chi connectivity index (χ0) is 20.7. The van der Waals surface area contributed by atoms with E-state index in [2.05, 4.69) is 31.0 Å². The van der Waals surface area contributed by atoms with E-state index < -0.39 is 0 Å². The highest BCUT2D eigenvalue weighted by Gasteiger charge is 2.21. The quantitative estimate of drug-likeness (QED) is 0.446. The SMILES string of the molecule is O=c1c2cc(Br)ccc2n2c(N3CCCCCC3)nnc2n1Cc1ccc(F)cc1. The minimum absolute atomic E-state index is 0.141. The zero-order valence-electron chi connectivity index (χ0n) is 16.4. The molecule has 0 bridgehead atoms. The van der Waals surface area contributed by atoms with E-state index in [1.165, 1.54) is 25.0 Å². The number of aromatic nitrogens is 4. The molecule has 5 rings (SSSR count). The molecule has 0 radical (unpaired) electrons. The Morgan fingerprint density at radius 3 is 2.43 bits per heavy atom. The predicted octanol–water partition coefficient (Wildman–Crippen LogP) is 4.37. The van der Waals surface area contributed by atoms with Gasteiger partial charge in [0, 0.05) is 17.6 Å². The topological polar surface area (TPSA) is 55.4 Å². The lowest BCUT2D eigenvalue weighted by molar-refractivity contribution is 0.626. The van der Waals surface area contributed by atoms with Gasteiger partial charge in [0.05, 0.1) is 17.4 Å². The second kappa shape index (κ2) is 7.83. The van der Waals surface area contributed by atoms with Crippen LogP contribution in [0, 0.1) is 5.82 Å². The van der Waals surface area contributed by atoms with Crippen LogP contribution in [-0.2, 0) is 6.54 Å². The van der Waals surface area contributed by atoms with Crippen LogP contribution in [0.4, 0.5) is 10.3 Å². The van der Waals surface area contributed by atoms with Gasteiger partial charge in [-0.1, -0.05) is 40.9 Å². The van der Waals surface area contributed by atoms with Crippen molar-refractivity contribution in [1.82, 2.24) is 19.2 Å². The molecule has 0 spiro atoms. The van der Waals surface area contributed by atoms with Crippen LogP contribution in [0.25, 0.3) is 16.7 Å². The van der Waals surface area contributed by atoms with Crippen molar-refractivity contribution >= 4 is 38.6 Å². The number of hydrogen-bond donors (Lipinski definition) is 0. The lowest BCUT2D eigenvalue weighted by Gasteiger charge is -2.21. The van der Waals surface area contributed by atoms with Gasteiger partial charge < -0.3 is 4.90 Å². The summed E-state index contributed by atoms with van der Waals surface area (Å²) in [5.41, 5.74) is 1.48. The van der Waals surface area contributed by atoms with E-state index in [0.29, 0.717) is 17.7 Å². The molecule has 0 aliphatic carbocycles. The third-order valence-electron chi connectivity index (χ3n) is 5.69. The molecule has 6 nitrogen and oxygen atoms in total. The molecule has 0 saturated carbocycles. The van der Waals surface area contributed by atoms with Crippen molar-refractivity contribution in [1.29, 1.82) is 0 Å². The molecule has 0 amide bonds. The van der Waals surface area contributed by atoms with Crippen LogP contribution in [0.3, 0.4) is 0 Å². The predicted molar refractivity (Wildman–Crippen MR) is 119 cm³/mol. The van der Waals surface area contributed by atoms with Gasteiger partial charge in [-0.2, -0.15) is 0 Å². The van der Waals surface area contributed by atoms with Crippen LogP contribution in [0.15, 0.2) is 51.7 Å². The largest absolute Gasteiger partial charge is 0.341 e. The van der Waals surface area contributed by atoms with Crippen molar-refractivity contribution in [2.75, 3.05) is 18.0 Å². The lowest BCUT2D eigenvalue weighted by atomic mass is 10.2. The van der Waals surface area contributed by atoms with Gasteiger partial charge in [-0.05, 0) is 48.7 Å². The molecule has 2 aromatic carbocycles. The number of anilines is 1. The third-order valence-corrected chi connectivity index (χ3v) is 6.18. The summed E-state index contributed by atoms with van der Waals surface area (Å²) in [5.74, 6) is 0.968. The molecule has 154 valence electrons. The Hall–Kier alpha value is -2.74. The fourth-order valence-electron chi connectivity index (χ4n) is 4.16. The number of halogens is 2. The first-order valence-electron chi connectivity index (χ1n) is 10.2. The van der Waals surface area contributed by atoms with E-state index >= 15 is 0 Å². The second-order valence-electron chi connectivity index (χ2n) is 7.72. The molecule has 0 atom stereocenters. The fraction of sp³-hybridized carbons (Fsp3) is 0.318. The minimum Gasteiger partial charge on any atom is -0.341 e. The summed E-state index contributed by atoms with van der Waals surface area (Å²) < 4.78 is 17.8. The van der Waals surface area contributed by atoms with Crippen LogP contribution < -0.4 is 10.5 Å². The van der Waals surface area contributed by atoms with Crippen LogP contribution >= 0.6 is 15.9 Å². The van der Waals surface area contributed by atoms with Crippen LogP contribution in [0.2, 0.25) is 0 Å². The number of nitrogens with zero attached hydrogens (tertiary/aromatic N) is 5. The standard InChI is InChI=1S/C22H21BrFN5O/c23-16-7-10-19-18(13-16)20(30)28(14-15-5-8-17(24)9-6-15)22-26-25-21(29(19)22)27-11-3-1-2-4-12-27/h5-10,13H,1-4,11-12,14H2. The van der Waals surface area contributed by atoms with Crippen LogP contribution in [0.5, 0.6) is 0 Å². The molecule has 0 unspecified atom stereocenters. The van der Waals surface area contributed by atoms with Crippen molar-refractivity contribution in [3.05, 3.63) is 68.7 Å². The number of rotatable bonds is 3. The molecule has 30 heavy (non-hydrogen) atoms. The van der Waals surface area contributed by atoms with E-state index in [4.69, 9.17) is 0 Å². The molecule has 0 N–H and O–H groups in total. The van der Waals surface area contributed by atoms with Gasteiger partial charge in [-0.25, -0.2) is 8.79 Å². The van der Waals surface area contributed by atoms with E-state index in [1.807, 2.05) is 22.6 Å². The minimum atomic E-state index is -0.301. The molecule has 1 aliphatic heterocycles. The van der Waals surface area contributed by atoms with E-state index in [1.54, 1.807) is 16.7 Å². The highest BCUT2D eigenvalue weighted by Crippen LogP contribution is 2.25. The Kier molecular flexibility index (Phi) is 5.02. The Morgan fingerprint density at radius 1 is 0.967 bits per heavy atom. The van der Waals surface area contributed by atoms with E-state index in [0.717, 1.165) is 47.4 Å². The van der Waals surface area contributed by atoms with E-state index in [-0.39, 0.29) is 11.4 Å². The monoisotopic (exact) mass is 469 g/mol. The molecular weight excluding hydrogens is 449 g/mol. The maximum absolute atomic E-state index is 13.4. The molecule has 2 aromatic heterocycles. The van der Waals surface area contributed by atoms with Gasteiger partial charge in [-0.3, -0.25) is 9.36 Å². The van der Waals surface area contributed by atoms with Gasteiger partial charge in [-0.15, -0.1) is 10.2 Å². The average Bonchev–Trinajstić information content (AvgIpc) is 3.00. The Morgan fingerprint density at radius 2 is 1.70 bits per heavy atom. The Bertz CT molecular complexity index is 1270. The Balaban J connectivity index is 1.75. The molecule has 1 saturated heterocycles. The van der Waals surface area contributed by atoms with E-state index in [9.17, 15) is 9.18 Å². The van der Waals surface area contributed by atoms with Gasteiger partial charge in [0.1, 0.15) is 5.82 Å². The smallest absolute Gasteiger partial charge is 0.263 e. The third kappa shape index (κ3) is 3.39. The zero-order valence-corrected chi connectivity index (χ0v) is 18.0. The summed E-state index contributed by atoms with van der Waals surface area (Å²) in [5, 5.41) is 9.51. The first kappa shape index (κ1) is 19.2. The number of benzene rings is 2. The normalized spacial score (nSPS) is 15.1. The maximum Gasteiger partial charge on any atom is 0.263 e. The van der Waals surface area contributed by atoms with Crippen molar-refractivity contribution in [3.8, 4) is 0 Å². The number of hydrogen-bond acceptors (Lipinski definition) is 4. The van der Waals surface area contributed by atoms with Gasteiger partial charge >= 0.3 is 0 Å². The molecular formula is C22H21BrFN5O. The highest BCUT2D eigenvalue weighted by molar-refractivity contribution is 9.10. The molecule has 8 heteroatoms. The van der Waals surface area contributed by atoms with Crippen molar-refractivity contribution < 1.29 is 4.39 Å². The average molecular weight is 470 g/mol. The van der Waals surface area contributed by atoms with Crippen molar-refractivity contribution in [2.24, 2.45) is 0 Å². The summed E-state index contributed by atoms with van der Waals surface area (Å²) in [7, 11) is 0. The van der Waals surface area contributed by atoms with Gasteiger partial charge in [0.2, 0.25) is 11.7 Å². The summed E-state index contributed by atoms with van der Waals surface area (Å²) in [6, 6.07) is 11.9. The number of fused-ring (bicyclic) bond motifs is 3. The van der Waals surface area contributed by atoms with Crippen LogP contribution in [0.1, 0.15) is 31.2 Å². The maximum atomic E-state index is 13.4. The van der Waals surface area contributed by atoms with Crippen molar-refractivity contribution in [2.45, 2.75) is 32.2 Å². The molecule has 4 aromatic rings. The van der Waals surface area contributed by atoms with Crippen molar-refractivity contribution in [3.63, 3.8) is 0 Å². The summed E-state index contributed by atoms with van der Waals surface area (Å²) in [6.07, 6.45) is 4.67. The van der Waals surface area contributed by atoms with Gasteiger partial charge in [0.15, 0.2) is 0 Å². The van der Waals surface area contributed by atoms with Gasteiger partial charge in [0.25, 0.3) is 5.56 Å². The first-order chi connectivity index (χ1) is 14.6. The first-order valence-corrected chi connectivity index (χ1v) is 11.0. The highest BCUT2D eigenvalue weighted by atomic mass is 79.9.